The molecule has 1 aromatic heterocycles. The average Bonchev–Trinajstić information content (AvgIpc) is 3.10. The molecule has 0 saturated heterocycles. The highest BCUT2D eigenvalue weighted by molar-refractivity contribution is 6.33. The van der Waals surface area contributed by atoms with Gasteiger partial charge in [-0.05, 0) is 48.5 Å². The molecule has 0 aliphatic heterocycles. The van der Waals surface area contributed by atoms with Crippen LogP contribution in [-0.2, 0) is 0 Å². The summed E-state index contributed by atoms with van der Waals surface area (Å²) in [5, 5.41) is 13.5. The van der Waals surface area contributed by atoms with Crippen LogP contribution in [-0.4, -0.2) is 23.2 Å². The van der Waals surface area contributed by atoms with Gasteiger partial charge in [0.1, 0.15) is 11.5 Å². The lowest BCUT2D eigenvalue weighted by atomic mass is 10.1. The Labute approximate surface area is 164 Å². The fourth-order valence-electron chi connectivity index (χ4n) is 2.24. The van der Waals surface area contributed by atoms with Crippen LogP contribution >= 0.6 is 23.2 Å². The van der Waals surface area contributed by atoms with Crippen LogP contribution in [0.25, 0.3) is 11.3 Å². The molecule has 2 N–H and O–H groups in total. The zero-order valence-corrected chi connectivity index (χ0v) is 15.2. The van der Waals surface area contributed by atoms with Crippen LogP contribution in [0.5, 0.6) is 0 Å². The van der Waals surface area contributed by atoms with Gasteiger partial charge in [0.15, 0.2) is 0 Å². The van der Waals surface area contributed by atoms with Gasteiger partial charge >= 0.3 is 5.97 Å². The maximum atomic E-state index is 11.9. The van der Waals surface area contributed by atoms with E-state index in [1.807, 2.05) is 0 Å². The molecule has 2 aromatic carbocycles. The molecule has 0 fully saturated rings. The fraction of sp³-hybridized carbons (Fsp3) is 0. The van der Waals surface area contributed by atoms with E-state index in [4.69, 9.17) is 32.7 Å². The van der Waals surface area contributed by atoms with Crippen molar-refractivity contribution in [2.45, 2.75) is 0 Å². The molecule has 0 bridgehead atoms. The average molecular weight is 403 g/mol. The molecule has 27 heavy (non-hydrogen) atoms. The Morgan fingerprint density at radius 3 is 2.44 bits per heavy atom. The molecule has 1 amide bonds. The van der Waals surface area contributed by atoms with E-state index in [2.05, 4.69) is 10.5 Å². The second kappa shape index (κ2) is 8.07. The summed E-state index contributed by atoms with van der Waals surface area (Å²) in [7, 11) is 0. The summed E-state index contributed by atoms with van der Waals surface area (Å²) >= 11 is 11.7. The van der Waals surface area contributed by atoms with Crippen molar-refractivity contribution in [3.8, 4) is 11.3 Å². The minimum absolute atomic E-state index is 0.0127. The van der Waals surface area contributed by atoms with Gasteiger partial charge in [-0.3, -0.25) is 4.79 Å². The number of carbonyl (C=O) groups is 2. The van der Waals surface area contributed by atoms with Crippen molar-refractivity contribution in [1.29, 1.82) is 0 Å². The van der Waals surface area contributed by atoms with Crippen molar-refractivity contribution >= 4 is 41.3 Å². The molecule has 0 aliphatic carbocycles. The quantitative estimate of drug-likeness (QED) is 0.477. The minimum Gasteiger partial charge on any atom is -0.478 e. The van der Waals surface area contributed by atoms with Crippen LogP contribution in [0.1, 0.15) is 26.5 Å². The Morgan fingerprint density at radius 1 is 1.04 bits per heavy atom. The zero-order valence-electron chi connectivity index (χ0n) is 13.6. The van der Waals surface area contributed by atoms with Crippen LogP contribution in [0.2, 0.25) is 10.0 Å². The van der Waals surface area contributed by atoms with Crippen LogP contribution in [0.4, 0.5) is 0 Å². The van der Waals surface area contributed by atoms with Crippen molar-refractivity contribution in [2.24, 2.45) is 5.10 Å². The van der Waals surface area contributed by atoms with Gasteiger partial charge in [0.05, 0.1) is 16.8 Å². The van der Waals surface area contributed by atoms with Gasteiger partial charge in [0.2, 0.25) is 0 Å². The molecule has 0 saturated carbocycles. The number of carboxylic acid groups (broad SMARTS) is 1. The first-order valence-corrected chi connectivity index (χ1v) is 8.41. The SMILES string of the molecule is O=C(N/N=C\c1ccc(-c2ccc(C(=O)O)c(Cl)c2)o1)c1ccc(Cl)cc1. The summed E-state index contributed by atoms with van der Waals surface area (Å²) < 4.78 is 5.60. The first-order valence-electron chi connectivity index (χ1n) is 7.66. The number of rotatable bonds is 5. The highest BCUT2D eigenvalue weighted by Gasteiger charge is 2.11. The Kier molecular flexibility index (Phi) is 5.59. The van der Waals surface area contributed by atoms with Crippen molar-refractivity contribution < 1.29 is 19.1 Å². The van der Waals surface area contributed by atoms with Gasteiger partial charge in [0.25, 0.3) is 5.91 Å². The summed E-state index contributed by atoms with van der Waals surface area (Å²) in [6.45, 7) is 0. The van der Waals surface area contributed by atoms with Crippen molar-refractivity contribution in [1.82, 2.24) is 5.43 Å². The summed E-state index contributed by atoms with van der Waals surface area (Å²) in [5.41, 5.74) is 3.44. The Morgan fingerprint density at radius 2 is 1.78 bits per heavy atom. The summed E-state index contributed by atoms with van der Waals surface area (Å²) in [4.78, 5) is 22.9. The molecule has 1 heterocycles. The monoisotopic (exact) mass is 402 g/mol. The number of amides is 1. The highest BCUT2D eigenvalue weighted by Crippen LogP contribution is 2.27. The van der Waals surface area contributed by atoms with E-state index >= 15 is 0 Å². The Balaban J connectivity index is 1.68. The molecule has 0 radical (unpaired) electrons. The maximum Gasteiger partial charge on any atom is 0.337 e. The van der Waals surface area contributed by atoms with Crippen LogP contribution < -0.4 is 5.43 Å². The fourth-order valence-corrected chi connectivity index (χ4v) is 2.63. The van der Waals surface area contributed by atoms with E-state index in [9.17, 15) is 9.59 Å². The van der Waals surface area contributed by atoms with Gasteiger partial charge in [0, 0.05) is 16.1 Å². The first-order chi connectivity index (χ1) is 12.9. The predicted octanol–water partition coefficient (Wildman–Crippen LogP) is 4.72. The molecule has 136 valence electrons. The van der Waals surface area contributed by atoms with Gasteiger partial charge < -0.3 is 9.52 Å². The lowest BCUT2D eigenvalue weighted by Crippen LogP contribution is -2.17. The largest absolute Gasteiger partial charge is 0.478 e. The standard InChI is InChI=1S/C19H12Cl2N2O4/c20-13-4-1-11(2-5-13)18(24)23-22-10-14-6-8-17(27-14)12-3-7-15(19(25)26)16(21)9-12/h1-10H,(H,23,24)(H,25,26)/b22-10-. The number of carboxylic acids is 1. The van der Waals surface area contributed by atoms with Crippen LogP contribution in [0.3, 0.4) is 0 Å². The van der Waals surface area contributed by atoms with E-state index < -0.39 is 5.97 Å². The molecular formula is C19H12Cl2N2O4. The maximum absolute atomic E-state index is 11.9. The predicted molar refractivity (Wildman–Crippen MR) is 103 cm³/mol. The summed E-state index contributed by atoms with van der Waals surface area (Å²) in [5.74, 6) is -0.597. The molecule has 0 unspecified atom stereocenters. The minimum atomic E-state index is -1.10. The van der Waals surface area contributed by atoms with E-state index in [0.29, 0.717) is 27.7 Å². The molecule has 0 atom stereocenters. The third-order valence-electron chi connectivity index (χ3n) is 3.58. The van der Waals surface area contributed by atoms with E-state index in [-0.39, 0.29) is 16.5 Å². The number of furan rings is 1. The van der Waals surface area contributed by atoms with Gasteiger partial charge in [-0.25, -0.2) is 10.2 Å². The number of nitrogens with zero attached hydrogens (tertiary/aromatic N) is 1. The third kappa shape index (κ3) is 4.55. The topological polar surface area (TPSA) is 91.9 Å². The van der Waals surface area contributed by atoms with E-state index in [1.165, 1.54) is 18.3 Å². The summed E-state index contributed by atoms with van der Waals surface area (Å²) in [6.07, 6.45) is 1.35. The Bertz CT molecular complexity index is 1030. The molecule has 6 nitrogen and oxygen atoms in total. The summed E-state index contributed by atoms with van der Waals surface area (Å²) in [6, 6.07) is 14.2. The zero-order chi connectivity index (χ0) is 19.4. The number of hydrogen-bond donors (Lipinski definition) is 2. The third-order valence-corrected chi connectivity index (χ3v) is 4.14. The first kappa shape index (κ1) is 18.7. The van der Waals surface area contributed by atoms with E-state index in [0.717, 1.165) is 0 Å². The number of nitrogens with one attached hydrogen (secondary N) is 1. The lowest BCUT2D eigenvalue weighted by molar-refractivity contribution is 0.0696. The number of hydrazone groups is 1. The van der Waals surface area contributed by atoms with Gasteiger partial charge in [-0.2, -0.15) is 5.10 Å². The smallest absolute Gasteiger partial charge is 0.337 e. The van der Waals surface area contributed by atoms with Crippen molar-refractivity contribution in [3.63, 3.8) is 0 Å². The molecule has 0 spiro atoms. The Hall–Kier alpha value is -3.09. The molecule has 3 rings (SSSR count). The van der Waals surface area contributed by atoms with Gasteiger partial charge in [-0.1, -0.05) is 29.3 Å². The van der Waals surface area contributed by atoms with E-state index in [1.54, 1.807) is 42.5 Å². The van der Waals surface area contributed by atoms with Crippen molar-refractivity contribution in [2.75, 3.05) is 0 Å². The second-order valence-corrected chi connectivity index (χ2v) is 6.25. The van der Waals surface area contributed by atoms with Gasteiger partial charge in [-0.15, -0.1) is 0 Å². The lowest BCUT2D eigenvalue weighted by Gasteiger charge is -2.01. The number of halogens is 2. The number of aromatic carboxylic acids is 1. The molecular weight excluding hydrogens is 391 g/mol. The number of benzene rings is 2. The highest BCUT2D eigenvalue weighted by atomic mass is 35.5. The normalized spacial score (nSPS) is 10.9. The molecule has 0 aliphatic rings. The van der Waals surface area contributed by atoms with Crippen LogP contribution in [0.15, 0.2) is 64.1 Å². The van der Waals surface area contributed by atoms with Crippen LogP contribution in [0, 0.1) is 0 Å². The molecule has 3 aromatic rings. The second-order valence-electron chi connectivity index (χ2n) is 5.41. The molecule has 8 heteroatoms. The number of carbonyl (C=O) groups excluding carboxylic acids is 1. The van der Waals surface area contributed by atoms with Crippen molar-refractivity contribution in [3.05, 3.63) is 81.5 Å². The number of hydrogen-bond acceptors (Lipinski definition) is 4.